The molecule has 2 heterocycles. The standard InChI is InChI=1S/C21H18N6O6/c1-12-17(20(29)33-11-13-6-4-3-5-7-13)18(26-21(22-12)23-24-25-26)15-9-8-14(19(28)32-2)10-16(15)27(30)31/h3-10,18H,11H2,1-2H3,(H,22,23,25). The average molecular weight is 450 g/mol. The van der Waals surface area contributed by atoms with Gasteiger partial charge in [-0.05, 0) is 35.0 Å². The number of esters is 2. The minimum absolute atomic E-state index is 0.00673. The summed E-state index contributed by atoms with van der Waals surface area (Å²) in [5, 5.41) is 26.2. The van der Waals surface area contributed by atoms with Crippen LogP contribution in [0.15, 0.2) is 59.8 Å². The van der Waals surface area contributed by atoms with Crippen LogP contribution in [0.2, 0.25) is 0 Å². The third kappa shape index (κ3) is 4.13. The average Bonchev–Trinajstić information content (AvgIpc) is 3.29. The highest BCUT2D eigenvalue weighted by atomic mass is 16.6. The van der Waals surface area contributed by atoms with E-state index in [0.29, 0.717) is 5.70 Å². The number of methoxy groups -OCH3 is 1. The second-order valence-electron chi connectivity index (χ2n) is 7.10. The van der Waals surface area contributed by atoms with Crippen LogP contribution in [0.25, 0.3) is 0 Å². The van der Waals surface area contributed by atoms with Gasteiger partial charge in [0.25, 0.3) is 5.69 Å². The molecule has 1 unspecified atom stereocenters. The predicted octanol–water partition coefficient (Wildman–Crippen LogP) is 2.40. The Kier molecular flexibility index (Phi) is 5.81. The number of allylic oxidation sites excluding steroid dienone is 1. The first-order chi connectivity index (χ1) is 15.9. The van der Waals surface area contributed by atoms with E-state index in [0.717, 1.165) is 11.6 Å². The molecule has 4 rings (SSSR count). The van der Waals surface area contributed by atoms with Crippen molar-refractivity contribution in [3.63, 3.8) is 0 Å². The molecule has 0 fully saturated rings. The van der Waals surface area contributed by atoms with Gasteiger partial charge in [-0.1, -0.05) is 35.4 Å². The smallest absolute Gasteiger partial charge is 0.338 e. The quantitative estimate of drug-likeness (QED) is 0.337. The van der Waals surface area contributed by atoms with Crippen LogP contribution in [0, 0.1) is 10.1 Å². The second-order valence-corrected chi connectivity index (χ2v) is 7.10. The zero-order valence-electron chi connectivity index (χ0n) is 17.6. The molecule has 1 aromatic heterocycles. The first kappa shape index (κ1) is 21.6. The lowest BCUT2D eigenvalue weighted by Gasteiger charge is -2.27. The monoisotopic (exact) mass is 450 g/mol. The Balaban J connectivity index is 1.78. The summed E-state index contributed by atoms with van der Waals surface area (Å²) in [6.07, 6.45) is 0. The van der Waals surface area contributed by atoms with Crippen molar-refractivity contribution in [1.82, 2.24) is 20.2 Å². The lowest BCUT2D eigenvalue weighted by Crippen LogP contribution is -2.30. The number of ether oxygens (including phenoxy) is 2. The molecule has 0 amide bonds. The van der Waals surface area contributed by atoms with Crippen LogP contribution < -0.4 is 5.32 Å². The Bertz CT molecular complexity index is 1270. The van der Waals surface area contributed by atoms with E-state index >= 15 is 0 Å². The van der Waals surface area contributed by atoms with Crippen LogP contribution >= 0.6 is 0 Å². The molecule has 168 valence electrons. The molecule has 1 atom stereocenters. The zero-order valence-corrected chi connectivity index (χ0v) is 17.6. The molecule has 1 N–H and O–H groups in total. The molecule has 33 heavy (non-hydrogen) atoms. The van der Waals surface area contributed by atoms with Gasteiger partial charge in [-0.15, -0.1) is 0 Å². The number of hydrogen-bond donors (Lipinski definition) is 1. The van der Waals surface area contributed by atoms with Crippen molar-refractivity contribution in [2.45, 2.75) is 19.6 Å². The van der Waals surface area contributed by atoms with Gasteiger partial charge in [0.15, 0.2) is 0 Å². The van der Waals surface area contributed by atoms with Crippen molar-refractivity contribution in [2.75, 3.05) is 12.4 Å². The van der Waals surface area contributed by atoms with Gasteiger partial charge in [0, 0.05) is 11.8 Å². The minimum Gasteiger partial charge on any atom is -0.465 e. The molecule has 0 bridgehead atoms. The van der Waals surface area contributed by atoms with E-state index in [4.69, 9.17) is 4.74 Å². The number of nitrogens with zero attached hydrogens (tertiary/aromatic N) is 5. The summed E-state index contributed by atoms with van der Waals surface area (Å²) in [4.78, 5) is 36.3. The van der Waals surface area contributed by atoms with E-state index in [1.54, 1.807) is 19.1 Å². The molecule has 1 aliphatic heterocycles. The Labute approximate surface area is 187 Å². The fourth-order valence-corrected chi connectivity index (χ4v) is 3.54. The lowest BCUT2D eigenvalue weighted by molar-refractivity contribution is -0.385. The number of rotatable bonds is 6. The molecule has 1 aliphatic rings. The highest BCUT2D eigenvalue weighted by molar-refractivity contribution is 5.93. The molecule has 3 aromatic rings. The van der Waals surface area contributed by atoms with E-state index < -0.39 is 28.6 Å². The van der Waals surface area contributed by atoms with E-state index in [1.165, 1.54) is 23.9 Å². The highest BCUT2D eigenvalue weighted by Gasteiger charge is 2.38. The van der Waals surface area contributed by atoms with Gasteiger partial charge in [0.1, 0.15) is 12.6 Å². The molecule has 0 radical (unpaired) electrons. The Morgan fingerprint density at radius 3 is 2.64 bits per heavy atom. The van der Waals surface area contributed by atoms with E-state index in [9.17, 15) is 19.7 Å². The molecular weight excluding hydrogens is 432 g/mol. The van der Waals surface area contributed by atoms with Crippen LogP contribution in [0.1, 0.15) is 34.5 Å². The molecule has 2 aromatic carbocycles. The first-order valence-corrected chi connectivity index (χ1v) is 9.74. The third-order valence-corrected chi connectivity index (χ3v) is 5.09. The van der Waals surface area contributed by atoms with Crippen molar-refractivity contribution in [3.05, 3.63) is 86.6 Å². The molecular formula is C21H18N6O6. The van der Waals surface area contributed by atoms with Crippen LogP contribution in [0.3, 0.4) is 0 Å². The Morgan fingerprint density at radius 2 is 1.94 bits per heavy atom. The van der Waals surface area contributed by atoms with Crippen molar-refractivity contribution >= 4 is 23.6 Å². The van der Waals surface area contributed by atoms with Crippen LogP contribution in [0.4, 0.5) is 11.6 Å². The zero-order chi connectivity index (χ0) is 23.5. The number of tetrazole rings is 1. The summed E-state index contributed by atoms with van der Waals surface area (Å²) in [5.74, 6) is -1.22. The van der Waals surface area contributed by atoms with Crippen LogP contribution in [-0.4, -0.2) is 44.2 Å². The largest absolute Gasteiger partial charge is 0.465 e. The number of nitrogens with one attached hydrogen (secondary N) is 1. The number of carbonyl (C=O) groups is 2. The van der Waals surface area contributed by atoms with Gasteiger partial charge in [-0.25, -0.2) is 9.59 Å². The van der Waals surface area contributed by atoms with Gasteiger partial charge in [0.2, 0.25) is 5.95 Å². The number of benzene rings is 2. The number of nitro groups is 1. The number of aromatic nitrogens is 4. The Morgan fingerprint density at radius 1 is 1.18 bits per heavy atom. The van der Waals surface area contributed by atoms with Gasteiger partial charge < -0.3 is 14.8 Å². The van der Waals surface area contributed by atoms with Gasteiger partial charge in [0.05, 0.1) is 28.7 Å². The number of hydrogen-bond acceptors (Lipinski definition) is 10. The Hall–Kier alpha value is -4.61. The van der Waals surface area contributed by atoms with E-state index in [1.807, 2.05) is 18.2 Å². The maximum absolute atomic E-state index is 13.2. The highest BCUT2D eigenvalue weighted by Crippen LogP contribution is 2.39. The van der Waals surface area contributed by atoms with Gasteiger partial charge in [-0.3, -0.25) is 10.1 Å². The molecule has 0 saturated heterocycles. The fourth-order valence-electron chi connectivity index (χ4n) is 3.54. The topological polar surface area (TPSA) is 151 Å². The number of anilines is 1. The second kappa shape index (κ2) is 8.86. The molecule has 12 nitrogen and oxygen atoms in total. The summed E-state index contributed by atoms with van der Waals surface area (Å²) >= 11 is 0. The maximum Gasteiger partial charge on any atom is 0.338 e. The first-order valence-electron chi connectivity index (χ1n) is 9.74. The lowest BCUT2D eigenvalue weighted by atomic mass is 9.93. The molecule has 0 spiro atoms. The van der Waals surface area contributed by atoms with E-state index in [2.05, 4.69) is 25.6 Å². The van der Waals surface area contributed by atoms with Crippen molar-refractivity contribution in [3.8, 4) is 0 Å². The predicted molar refractivity (Wildman–Crippen MR) is 113 cm³/mol. The third-order valence-electron chi connectivity index (χ3n) is 5.09. The number of nitro benzene ring substituents is 1. The van der Waals surface area contributed by atoms with Crippen molar-refractivity contribution in [1.29, 1.82) is 0 Å². The summed E-state index contributed by atoms with van der Waals surface area (Å²) < 4.78 is 11.4. The fraction of sp³-hybridized carbons (Fsp3) is 0.190. The summed E-state index contributed by atoms with van der Waals surface area (Å²) in [6, 6.07) is 11.9. The van der Waals surface area contributed by atoms with Gasteiger partial charge >= 0.3 is 11.9 Å². The van der Waals surface area contributed by atoms with Crippen LogP contribution in [0.5, 0.6) is 0 Å². The van der Waals surface area contributed by atoms with Gasteiger partial charge in [-0.2, -0.15) is 4.68 Å². The molecule has 12 heteroatoms. The summed E-state index contributed by atoms with van der Waals surface area (Å²) in [6.45, 7) is 1.63. The van der Waals surface area contributed by atoms with E-state index in [-0.39, 0.29) is 29.3 Å². The molecule has 0 saturated carbocycles. The van der Waals surface area contributed by atoms with Crippen molar-refractivity contribution < 1.29 is 24.0 Å². The minimum atomic E-state index is -1.06. The van der Waals surface area contributed by atoms with Crippen molar-refractivity contribution in [2.24, 2.45) is 0 Å². The molecule has 0 aliphatic carbocycles. The maximum atomic E-state index is 13.2. The normalized spacial score (nSPS) is 14.8. The van der Waals surface area contributed by atoms with Crippen LogP contribution in [-0.2, 0) is 20.9 Å². The number of fused-ring (bicyclic) bond motifs is 1. The summed E-state index contributed by atoms with van der Waals surface area (Å²) in [5.41, 5.74) is 0.959. The SMILES string of the molecule is COC(=O)c1ccc(C2C(C(=O)OCc3ccccc3)=C(C)Nc3nnnn32)c([N+](=O)[O-])c1. The summed E-state index contributed by atoms with van der Waals surface area (Å²) in [7, 11) is 1.18. The number of carbonyl (C=O) groups excluding carboxylic acids is 2.